The molecule has 6 rings (SSSR count). The first-order chi connectivity index (χ1) is 23.7. The number of Topliss-reactive ketones (excluding diaryl/α,β-unsaturated/α-hetero) is 1. The van der Waals surface area contributed by atoms with Crippen LogP contribution in [0.2, 0.25) is 0 Å². The van der Waals surface area contributed by atoms with Gasteiger partial charge < -0.3 is 10.2 Å². The zero-order chi connectivity index (χ0) is 34.5. The van der Waals surface area contributed by atoms with Gasteiger partial charge in [0.2, 0.25) is 5.91 Å². The van der Waals surface area contributed by atoms with Crippen molar-refractivity contribution in [1.82, 2.24) is 20.2 Å². The van der Waals surface area contributed by atoms with E-state index in [1.165, 1.54) is 81.1 Å². The summed E-state index contributed by atoms with van der Waals surface area (Å²) >= 11 is 1.46. The molecule has 49 heavy (non-hydrogen) atoms. The van der Waals surface area contributed by atoms with Gasteiger partial charge in [-0.05, 0) is 98.3 Å². The average molecular weight is 683 g/mol. The van der Waals surface area contributed by atoms with Crippen LogP contribution in [0.25, 0.3) is 11.4 Å². The highest BCUT2D eigenvalue weighted by atomic mass is 32.1. The molecule has 3 heterocycles. The van der Waals surface area contributed by atoms with Crippen LogP contribution in [-0.4, -0.2) is 51.6 Å². The average Bonchev–Trinajstić information content (AvgIpc) is 3.60. The predicted molar refractivity (Wildman–Crippen MR) is 197 cm³/mol. The highest BCUT2D eigenvalue weighted by Gasteiger charge is 2.37. The van der Waals surface area contributed by atoms with E-state index >= 15 is 0 Å². The maximum absolute atomic E-state index is 13.5. The Morgan fingerprint density at radius 3 is 2.08 bits per heavy atom. The number of hydrogen-bond acceptors (Lipinski definition) is 6. The van der Waals surface area contributed by atoms with Gasteiger partial charge in [-0.15, -0.1) is 11.3 Å². The van der Waals surface area contributed by atoms with E-state index in [0.29, 0.717) is 42.0 Å². The highest BCUT2D eigenvalue weighted by Crippen LogP contribution is 2.44. The standard InChI is InChI=1S/C41H54N4O3S/c1-5-6-28-7-11-30(12-8-28)31-15-17-32(18-16-31)34-22-42-39(43-23-34)33-13-9-29(10-14-33)21-36(41(48)45-24-35(25-45)27(4)46)44-40(47)38-20-19-37(49-38)26(2)3/h9-10,13-14,19-20,22-23,26,28,30-32,35-36H,5-8,11-12,15-18,21,24-25H2,1-4H3,(H,44,47)/t28?,30?,31?,32?,36-/m0/s1. The van der Waals surface area contributed by atoms with Gasteiger partial charge in [0, 0.05) is 42.3 Å². The molecule has 1 aromatic carbocycles. The number of carbonyl (C=O) groups is 3. The molecule has 1 atom stereocenters. The first kappa shape index (κ1) is 35.4. The zero-order valence-corrected chi connectivity index (χ0v) is 30.6. The van der Waals surface area contributed by atoms with Gasteiger partial charge in [-0.25, -0.2) is 9.97 Å². The summed E-state index contributed by atoms with van der Waals surface area (Å²) in [4.78, 5) is 51.5. The molecule has 2 amide bonds. The topological polar surface area (TPSA) is 92.3 Å². The lowest BCUT2D eigenvalue weighted by Crippen LogP contribution is -2.59. The largest absolute Gasteiger partial charge is 0.339 e. The summed E-state index contributed by atoms with van der Waals surface area (Å²) in [5.41, 5.74) is 3.12. The number of nitrogens with zero attached hydrogens (tertiary/aromatic N) is 3. The summed E-state index contributed by atoms with van der Waals surface area (Å²) in [5.74, 6) is 3.98. The van der Waals surface area contributed by atoms with Crippen molar-refractivity contribution in [3.05, 3.63) is 69.7 Å². The molecule has 0 spiro atoms. The summed E-state index contributed by atoms with van der Waals surface area (Å²) in [6.07, 6.45) is 18.1. The third-order valence-corrected chi connectivity index (χ3v) is 13.0. The van der Waals surface area contributed by atoms with Crippen LogP contribution >= 0.6 is 11.3 Å². The Balaban J connectivity index is 1.05. The third-order valence-electron chi connectivity index (χ3n) is 11.6. The van der Waals surface area contributed by atoms with Crippen LogP contribution in [0.3, 0.4) is 0 Å². The number of benzene rings is 1. The molecule has 262 valence electrons. The molecular formula is C41H54N4O3S. The molecule has 2 aromatic heterocycles. The number of nitrogens with one attached hydrogen (secondary N) is 1. The summed E-state index contributed by atoms with van der Waals surface area (Å²) in [6.45, 7) is 8.90. The Kier molecular flexibility index (Phi) is 11.6. The SMILES string of the molecule is CCCC1CCC(C2CCC(c3cnc(-c4ccc(C[C@H](NC(=O)c5ccc(C(C)C)s5)C(=O)N5CC(C(C)=O)C5)cc4)nc3)CC2)CC1. The van der Waals surface area contributed by atoms with Gasteiger partial charge in [0.05, 0.1) is 10.8 Å². The van der Waals surface area contributed by atoms with E-state index in [1.54, 1.807) is 11.8 Å². The van der Waals surface area contributed by atoms with Gasteiger partial charge >= 0.3 is 0 Å². The van der Waals surface area contributed by atoms with E-state index in [0.717, 1.165) is 33.8 Å². The molecule has 0 radical (unpaired) electrons. The summed E-state index contributed by atoms with van der Waals surface area (Å²) < 4.78 is 0. The smallest absolute Gasteiger partial charge is 0.262 e. The number of likely N-dealkylation sites (tertiary alicyclic amines) is 1. The first-order valence-electron chi connectivity index (χ1n) is 18.8. The van der Waals surface area contributed by atoms with E-state index in [-0.39, 0.29) is 23.5 Å². The minimum absolute atomic E-state index is 0.0951. The molecule has 8 heteroatoms. The van der Waals surface area contributed by atoms with E-state index in [9.17, 15) is 14.4 Å². The van der Waals surface area contributed by atoms with Crippen LogP contribution in [0.15, 0.2) is 48.8 Å². The van der Waals surface area contributed by atoms with Crippen LogP contribution < -0.4 is 5.32 Å². The fraction of sp³-hybridized carbons (Fsp3) is 0.585. The van der Waals surface area contributed by atoms with Crippen molar-refractivity contribution >= 4 is 28.9 Å². The second kappa shape index (κ2) is 16.1. The molecule has 3 aliphatic rings. The normalized spacial score (nSPS) is 23.6. The lowest BCUT2D eigenvalue weighted by atomic mass is 9.68. The van der Waals surface area contributed by atoms with Crippen molar-refractivity contribution in [2.24, 2.45) is 23.7 Å². The fourth-order valence-corrected chi connectivity index (χ4v) is 9.27. The summed E-state index contributed by atoms with van der Waals surface area (Å²) in [6, 6.07) is 11.1. The van der Waals surface area contributed by atoms with Gasteiger partial charge in [0.15, 0.2) is 5.82 Å². The zero-order valence-electron chi connectivity index (χ0n) is 29.8. The summed E-state index contributed by atoms with van der Waals surface area (Å²) in [7, 11) is 0. The van der Waals surface area contributed by atoms with E-state index in [1.807, 2.05) is 48.8 Å². The number of hydrogen-bond donors (Lipinski definition) is 1. The quantitative estimate of drug-likeness (QED) is 0.207. The molecule has 3 fully saturated rings. The maximum atomic E-state index is 13.5. The number of aromatic nitrogens is 2. The number of ketones is 1. The molecule has 3 aromatic rings. The molecule has 0 unspecified atom stereocenters. The van der Waals surface area contributed by atoms with Gasteiger partial charge in [-0.1, -0.05) is 70.7 Å². The van der Waals surface area contributed by atoms with Crippen LogP contribution in [0.4, 0.5) is 0 Å². The van der Waals surface area contributed by atoms with Crippen LogP contribution in [0.5, 0.6) is 0 Å². The lowest BCUT2D eigenvalue weighted by Gasteiger charge is -2.39. The van der Waals surface area contributed by atoms with E-state index in [2.05, 4.69) is 26.1 Å². The Labute approximate surface area is 296 Å². The second-order valence-corrected chi connectivity index (χ2v) is 16.5. The minimum Gasteiger partial charge on any atom is -0.339 e. The minimum atomic E-state index is -0.724. The fourth-order valence-electron chi connectivity index (χ4n) is 8.35. The van der Waals surface area contributed by atoms with Crippen molar-refractivity contribution in [1.29, 1.82) is 0 Å². The molecule has 0 bridgehead atoms. The van der Waals surface area contributed by atoms with Gasteiger partial charge in [-0.2, -0.15) is 0 Å². The Morgan fingerprint density at radius 1 is 0.878 bits per heavy atom. The van der Waals surface area contributed by atoms with Crippen molar-refractivity contribution in [2.45, 2.75) is 116 Å². The first-order valence-corrected chi connectivity index (χ1v) is 19.6. The maximum Gasteiger partial charge on any atom is 0.262 e. The van der Waals surface area contributed by atoms with Crippen molar-refractivity contribution < 1.29 is 14.4 Å². The Bertz CT molecular complexity index is 1560. The third kappa shape index (κ3) is 8.68. The molecule has 2 saturated carbocycles. The number of thiophene rings is 1. The highest BCUT2D eigenvalue weighted by molar-refractivity contribution is 7.14. The second-order valence-electron chi connectivity index (χ2n) is 15.4. The molecular weight excluding hydrogens is 629 g/mol. The van der Waals surface area contributed by atoms with Crippen molar-refractivity contribution in [3.63, 3.8) is 0 Å². The van der Waals surface area contributed by atoms with Crippen LogP contribution in [0, 0.1) is 23.7 Å². The van der Waals surface area contributed by atoms with Crippen molar-refractivity contribution in [2.75, 3.05) is 13.1 Å². The Hall–Kier alpha value is -3.39. The molecule has 7 nitrogen and oxygen atoms in total. The number of amides is 2. The monoisotopic (exact) mass is 682 g/mol. The van der Waals surface area contributed by atoms with Gasteiger partial charge in [-0.3, -0.25) is 14.4 Å². The summed E-state index contributed by atoms with van der Waals surface area (Å²) in [5, 5.41) is 3.01. The van der Waals surface area contributed by atoms with Crippen molar-refractivity contribution in [3.8, 4) is 11.4 Å². The molecule has 1 N–H and O–H groups in total. The van der Waals surface area contributed by atoms with Gasteiger partial charge in [0.1, 0.15) is 11.8 Å². The number of carbonyl (C=O) groups excluding carboxylic acids is 3. The molecule has 1 aliphatic heterocycles. The number of rotatable bonds is 12. The molecule has 2 aliphatic carbocycles. The Morgan fingerprint density at radius 2 is 1.51 bits per heavy atom. The van der Waals surface area contributed by atoms with E-state index < -0.39 is 6.04 Å². The predicted octanol–water partition coefficient (Wildman–Crippen LogP) is 8.60. The van der Waals surface area contributed by atoms with Crippen LogP contribution in [-0.2, 0) is 16.0 Å². The lowest BCUT2D eigenvalue weighted by molar-refractivity contribution is -0.143. The molecule has 1 saturated heterocycles. The van der Waals surface area contributed by atoms with E-state index in [4.69, 9.17) is 9.97 Å². The van der Waals surface area contributed by atoms with Crippen LogP contribution in [0.1, 0.15) is 129 Å². The van der Waals surface area contributed by atoms with Gasteiger partial charge in [0.25, 0.3) is 5.91 Å².